The lowest BCUT2D eigenvalue weighted by atomic mass is 10.2. The highest BCUT2D eigenvalue weighted by molar-refractivity contribution is 7.89. The summed E-state index contributed by atoms with van der Waals surface area (Å²) in [5.41, 5.74) is 0.809. The first-order valence-corrected chi connectivity index (χ1v) is 10.6. The third-order valence-electron chi connectivity index (χ3n) is 4.39. The Kier molecular flexibility index (Phi) is 6.31. The summed E-state index contributed by atoms with van der Waals surface area (Å²) in [7, 11) is -2.14. The third-order valence-corrected chi connectivity index (χ3v) is 6.31. The predicted molar refractivity (Wildman–Crippen MR) is 105 cm³/mol. The van der Waals surface area contributed by atoms with Crippen LogP contribution in [0.3, 0.4) is 0 Å². The average Bonchev–Trinajstić information content (AvgIpc) is 2.72. The SMILES string of the molecule is CCOc1ccc(CN(CC)S(=O)(=O)c2ccc3c(c2)OCCO3)cc1OC. The summed E-state index contributed by atoms with van der Waals surface area (Å²) in [5, 5.41) is 0. The number of nitrogens with zero attached hydrogens (tertiary/aromatic N) is 1. The Balaban J connectivity index is 1.86. The Labute approximate surface area is 165 Å². The minimum Gasteiger partial charge on any atom is -0.493 e. The van der Waals surface area contributed by atoms with Gasteiger partial charge in [0.1, 0.15) is 13.2 Å². The molecule has 0 aliphatic carbocycles. The second-order valence-corrected chi connectivity index (χ2v) is 8.09. The summed E-state index contributed by atoms with van der Waals surface area (Å²) in [6.07, 6.45) is 0. The first-order chi connectivity index (χ1) is 13.5. The lowest BCUT2D eigenvalue weighted by Crippen LogP contribution is -2.30. The zero-order valence-corrected chi connectivity index (χ0v) is 17.1. The molecule has 3 rings (SSSR count). The number of methoxy groups -OCH3 is 1. The van der Waals surface area contributed by atoms with Gasteiger partial charge in [-0.05, 0) is 36.8 Å². The van der Waals surface area contributed by atoms with Crippen LogP contribution in [0.15, 0.2) is 41.3 Å². The highest BCUT2D eigenvalue weighted by atomic mass is 32.2. The molecule has 0 bridgehead atoms. The molecule has 0 saturated heterocycles. The van der Waals surface area contributed by atoms with Crippen molar-refractivity contribution in [2.75, 3.05) is 33.5 Å². The van der Waals surface area contributed by atoms with Crippen molar-refractivity contribution >= 4 is 10.0 Å². The smallest absolute Gasteiger partial charge is 0.243 e. The van der Waals surface area contributed by atoms with Gasteiger partial charge in [-0.2, -0.15) is 4.31 Å². The van der Waals surface area contributed by atoms with E-state index < -0.39 is 10.0 Å². The summed E-state index contributed by atoms with van der Waals surface area (Å²) in [6, 6.07) is 10.1. The number of ether oxygens (including phenoxy) is 4. The second kappa shape index (κ2) is 8.70. The van der Waals surface area contributed by atoms with Crippen molar-refractivity contribution in [1.82, 2.24) is 4.31 Å². The molecule has 0 aromatic heterocycles. The van der Waals surface area contributed by atoms with Crippen molar-refractivity contribution in [2.24, 2.45) is 0 Å². The van der Waals surface area contributed by atoms with E-state index in [9.17, 15) is 8.42 Å². The molecule has 8 heteroatoms. The lowest BCUT2D eigenvalue weighted by Gasteiger charge is -2.23. The molecule has 28 heavy (non-hydrogen) atoms. The standard InChI is InChI=1S/C20H25NO6S/c1-4-21(14-15-6-8-17(25-5-2)19(12-15)24-3)28(22,23)16-7-9-18-20(13-16)27-11-10-26-18/h6-9,12-13H,4-5,10-11,14H2,1-3H3. The lowest BCUT2D eigenvalue weighted by molar-refractivity contribution is 0.171. The molecule has 0 radical (unpaired) electrons. The van der Waals surface area contributed by atoms with Crippen LogP contribution in [0.4, 0.5) is 0 Å². The number of rotatable bonds is 8. The summed E-state index contributed by atoms with van der Waals surface area (Å²) in [4.78, 5) is 0.177. The molecule has 0 unspecified atom stereocenters. The molecule has 1 aliphatic heterocycles. The molecule has 1 aliphatic rings. The van der Waals surface area contributed by atoms with Crippen LogP contribution in [0.2, 0.25) is 0 Å². The molecule has 0 fully saturated rings. The van der Waals surface area contributed by atoms with Gasteiger partial charge < -0.3 is 18.9 Å². The molecule has 0 spiro atoms. The Morgan fingerprint density at radius 3 is 2.43 bits per heavy atom. The molecule has 2 aromatic carbocycles. The van der Waals surface area contributed by atoms with Gasteiger partial charge in [-0.15, -0.1) is 0 Å². The van der Waals surface area contributed by atoms with Crippen molar-refractivity contribution < 1.29 is 27.4 Å². The van der Waals surface area contributed by atoms with E-state index in [0.29, 0.717) is 49.4 Å². The first-order valence-electron chi connectivity index (χ1n) is 9.19. The zero-order valence-electron chi connectivity index (χ0n) is 16.3. The van der Waals surface area contributed by atoms with Gasteiger partial charge in [0.15, 0.2) is 23.0 Å². The van der Waals surface area contributed by atoms with Gasteiger partial charge in [0.05, 0.1) is 18.6 Å². The molecule has 0 saturated carbocycles. The van der Waals surface area contributed by atoms with Crippen LogP contribution in [-0.4, -0.2) is 46.2 Å². The number of fused-ring (bicyclic) bond motifs is 1. The summed E-state index contributed by atoms with van der Waals surface area (Å²) < 4.78 is 49.6. The minimum absolute atomic E-state index is 0.177. The fourth-order valence-electron chi connectivity index (χ4n) is 2.99. The van der Waals surface area contributed by atoms with Crippen LogP contribution in [0.25, 0.3) is 0 Å². The largest absolute Gasteiger partial charge is 0.493 e. The predicted octanol–water partition coefficient (Wildman–Crippen LogP) is 3.08. The quantitative estimate of drug-likeness (QED) is 0.670. The van der Waals surface area contributed by atoms with Crippen molar-refractivity contribution in [1.29, 1.82) is 0 Å². The summed E-state index contributed by atoms with van der Waals surface area (Å²) in [5.74, 6) is 2.22. The second-order valence-electron chi connectivity index (χ2n) is 6.15. The average molecular weight is 407 g/mol. The van der Waals surface area contributed by atoms with Gasteiger partial charge in [0, 0.05) is 19.2 Å². The van der Waals surface area contributed by atoms with Gasteiger partial charge >= 0.3 is 0 Å². The molecule has 0 atom stereocenters. The molecule has 0 amide bonds. The third kappa shape index (κ3) is 4.18. The summed E-state index contributed by atoms with van der Waals surface area (Å²) in [6.45, 7) is 5.63. The van der Waals surface area contributed by atoms with Gasteiger partial charge in [-0.3, -0.25) is 0 Å². The van der Waals surface area contributed by atoms with Crippen molar-refractivity contribution in [3.63, 3.8) is 0 Å². The summed E-state index contributed by atoms with van der Waals surface area (Å²) >= 11 is 0. The Morgan fingerprint density at radius 2 is 1.75 bits per heavy atom. The Hall–Kier alpha value is -2.45. The maximum absolute atomic E-state index is 13.2. The van der Waals surface area contributed by atoms with E-state index in [1.807, 2.05) is 13.0 Å². The van der Waals surface area contributed by atoms with E-state index in [-0.39, 0.29) is 11.4 Å². The van der Waals surface area contributed by atoms with Crippen LogP contribution in [0.5, 0.6) is 23.0 Å². The number of sulfonamides is 1. The molecular weight excluding hydrogens is 382 g/mol. The highest BCUT2D eigenvalue weighted by Crippen LogP contribution is 2.34. The van der Waals surface area contributed by atoms with E-state index in [1.54, 1.807) is 38.3 Å². The molecule has 2 aromatic rings. The van der Waals surface area contributed by atoms with E-state index in [4.69, 9.17) is 18.9 Å². The van der Waals surface area contributed by atoms with Crippen LogP contribution in [0, 0.1) is 0 Å². The number of hydrogen-bond acceptors (Lipinski definition) is 6. The van der Waals surface area contributed by atoms with Crippen LogP contribution in [0.1, 0.15) is 19.4 Å². The van der Waals surface area contributed by atoms with Gasteiger partial charge in [0.25, 0.3) is 0 Å². The first kappa shape index (κ1) is 20.3. The molecule has 0 N–H and O–H groups in total. The van der Waals surface area contributed by atoms with Gasteiger partial charge in [-0.1, -0.05) is 13.0 Å². The van der Waals surface area contributed by atoms with Crippen LogP contribution < -0.4 is 18.9 Å². The maximum Gasteiger partial charge on any atom is 0.243 e. The van der Waals surface area contributed by atoms with Crippen molar-refractivity contribution in [3.05, 3.63) is 42.0 Å². The fourth-order valence-corrected chi connectivity index (χ4v) is 4.44. The molecule has 152 valence electrons. The molecule has 1 heterocycles. The van der Waals surface area contributed by atoms with Crippen LogP contribution in [-0.2, 0) is 16.6 Å². The van der Waals surface area contributed by atoms with Crippen molar-refractivity contribution in [3.8, 4) is 23.0 Å². The number of benzene rings is 2. The Morgan fingerprint density at radius 1 is 1.00 bits per heavy atom. The fraction of sp³-hybridized carbons (Fsp3) is 0.400. The zero-order chi connectivity index (χ0) is 20.1. The van der Waals surface area contributed by atoms with E-state index in [0.717, 1.165) is 5.56 Å². The number of hydrogen-bond donors (Lipinski definition) is 0. The van der Waals surface area contributed by atoms with Crippen LogP contribution >= 0.6 is 0 Å². The van der Waals surface area contributed by atoms with E-state index in [2.05, 4.69) is 0 Å². The monoisotopic (exact) mass is 407 g/mol. The van der Waals surface area contributed by atoms with Gasteiger partial charge in [0.2, 0.25) is 10.0 Å². The van der Waals surface area contributed by atoms with Gasteiger partial charge in [-0.25, -0.2) is 8.42 Å². The van der Waals surface area contributed by atoms with Crippen molar-refractivity contribution in [2.45, 2.75) is 25.3 Å². The minimum atomic E-state index is -3.70. The molecular formula is C20H25NO6S. The molecule has 7 nitrogen and oxygen atoms in total. The van der Waals surface area contributed by atoms with E-state index in [1.165, 1.54) is 10.4 Å². The normalized spacial score (nSPS) is 13.4. The maximum atomic E-state index is 13.2. The topological polar surface area (TPSA) is 74.3 Å². The van der Waals surface area contributed by atoms with E-state index >= 15 is 0 Å². The highest BCUT2D eigenvalue weighted by Gasteiger charge is 2.26. The Bertz CT molecular complexity index is 928.